The summed E-state index contributed by atoms with van der Waals surface area (Å²) in [6, 6.07) is 45.3. The Morgan fingerprint density at radius 1 is 0.319 bits per heavy atom. The third-order valence-corrected chi connectivity index (χ3v) is 36.4. The lowest BCUT2D eigenvalue weighted by Crippen LogP contribution is -2.42. The molecule has 742 valence electrons. The van der Waals surface area contributed by atoms with Crippen molar-refractivity contribution in [1.29, 1.82) is 0 Å². The number of hydrogen-bond acceptors (Lipinski definition) is 12. The van der Waals surface area contributed by atoms with Crippen molar-refractivity contribution in [2.75, 3.05) is 52.6 Å². The van der Waals surface area contributed by atoms with Crippen LogP contribution in [0.3, 0.4) is 0 Å². The number of unbranched alkanes of at least 4 members (excludes halogenated alkanes) is 16. The second kappa shape index (κ2) is 51.8. The van der Waals surface area contributed by atoms with Crippen molar-refractivity contribution >= 4 is 149 Å². The molecule has 4 amide bonds. The summed E-state index contributed by atoms with van der Waals surface area (Å²) in [7, 11) is -0.500. The molecular formula is C118H158B2Br2N4O8S4. The van der Waals surface area contributed by atoms with Gasteiger partial charge >= 0.3 is 14.2 Å². The fourth-order valence-electron chi connectivity index (χ4n) is 23.0. The summed E-state index contributed by atoms with van der Waals surface area (Å²) in [6.45, 7) is 37.1. The van der Waals surface area contributed by atoms with Crippen LogP contribution in [-0.4, -0.2) is 110 Å². The third-order valence-electron chi connectivity index (χ3n) is 31.0. The number of fused-ring (bicyclic) bond motifs is 8. The van der Waals surface area contributed by atoms with Crippen molar-refractivity contribution in [1.82, 2.24) is 19.6 Å². The maximum atomic E-state index is 15.2. The first-order valence-electron chi connectivity index (χ1n) is 54.2. The molecule has 6 aliphatic heterocycles. The summed E-state index contributed by atoms with van der Waals surface area (Å²) in [6.07, 6.45) is 44.5. The van der Waals surface area contributed by atoms with Gasteiger partial charge in [0.15, 0.2) is 0 Å². The van der Waals surface area contributed by atoms with E-state index in [0.717, 1.165) is 203 Å². The van der Waals surface area contributed by atoms with Crippen molar-refractivity contribution in [2.24, 2.45) is 23.7 Å². The molecule has 2 aliphatic carbocycles. The minimum Gasteiger partial charge on any atom is -0.407 e. The van der Waals surface area contributed by atoms with Gasteiger partial charge in [-0.1, -0.05) is 335 Å². The van der Waals surface area contributed by atoms with Crippen LogP contribution in [-0.2, 0) is 48.6 Å². The van der Waals surface area contributed by atoms with E-state index in [1.807, 2.05) is 43.9 Å². The van der Waals surface area contributed by atoms with E-state index < -0.39 is 0 Å². The van der Waals surface area contributed by atoms with Crippen LogP contribution >= 0.6 is 77.2 Å². The van der Waals surface area contributed by atoms with Crippen LogP contribution in [0.15, 0.2) is 151 Å². The fraction of sp³-hybridized carbons (Fsp3) is 0.559. The van der Waals surface area contributed by atoms with Gasteiger partial charge in [-0.2, -0.15) is 0 Å². The Hall–Kier alpha value is -6.55. The molecule has 12 nitrogen and oxygen atoms in total. The first-order valence-corrected chi connectivity index (χ1v) is 59.1. The number of amides is 4. The Labute approximate surface area is 863 Å². The Morgan fingerprint density at radius 2 is 0.616 bits per heavy atom. The smallest absolute Gasteiger partial charge is 0.407 e. The number of carbonyl (C=O) groups excluding carboxylic acids is 4. The highest BCUT2D eigenvalue weighted by molar-refractivity contribution is 9.11. The van der Waals surface area contributed by atoms with Gasteiger partial charge in [-0.05, 0) is 249 Å². The number of hydrogen-bond donors (Lipinski definition) is 0. The molecule has 20 heteroatoms. The quantitative estimate of drug-likeness (QED) is 0.0273. The van der Waals surface area contributed by atoms with E-state index in [1.54, 1.807) is 45.3 Å². The Morgan fingerprint density at radius 3 is 0.935 bits per heavy atom. The number of nitrogens with zero attached hydrogens (tertiary/aromatic N) is 4. The maximum Gasteiger partial charge on any atom is 0.493 e. The van der Waals surface area contributed by atoms with Crippen molar-refractivity contribution in [2.45, 2.75) is 352 Å². The molecule has 0 radical (unpaired) electrons. The van der Waals surface area contributed by atoms with Gasteiger partial charge in [0, 0.05) is 73.2 Å². The van der Waals surface area contributed by atoms with Crippen LogP contribution in [0.25, 0.3) is 55.5 Å². The van der Waals surface area contributed by atoms with E-state index in [2.05, 4.69) is 226 Å². The molecule has 2 fully saturated rings. The number of rotatable bonds is 51. The van der Waals surface area contributed by atoms with Gasteiger partial charge in [0.2, 0.25) is 0 Å². The van der Waals surface area contributed by atoms with Crippen molar-refractivity contribution in [3.05, 3.63) is 203 Å². The molecule has 8 aromatic rings. The van der Waals surface area contributed by atoms with E-state index >= 15 is 9.59 Å². The molecule has 0 spiro atoms. The third kappa shape index (κ3) is 24.1. The van der Waals surface area contributed by atoms with Gasteiger partial charge in [-0.25, -0.2) is 0 Å². The standard InChI is InChI=1S/C57H76N2O2S2.C31H44B2O4.C30H38Br2N2O2S2/c1-9-15-19-21-33-57(34-22-20-16-10-2)46-35-39(7)25-28-44(46)45-29-27-43(36-47(45)57)48-31-32-50(63-48)54-52-51(55(60)59(54)38-42(14-6)24-18-12-4)53(49-30-26-40(8)62-49)58(56(52)61)37-41(13-5)23-17-11-3;1-3-5-7-9-17-31(18-10-8-6-4-2)29-23-25(32-34-19-11-20-35-32)13-15-27(29)28-16-14-26(24-30(28)31)33-36-21-12-22-37-33;1-5-9-11-19(7-3)17-33-27(21-13-15-23(31)37-21)25-26(29(33)35)28(22-14-16-24(32)38-22)34(30(25)36)18-20(8-4)12-10-6-2/h25-32,35-36,41-42H,9-24,33-34,37-38H2,1-8H3;13-16,23-24H,3-12,17-22H2,1-2H3;13-16,19-20H,5-12,17-18H2,1-4H3. The molecule has 4 unspecified atom stereocenters. The fourth-order valence-corrected chi connectivity index (χ4v) is 27.9. The lowest BCUT2D eigenvalue weighted by molar-refractivity contribution is -0.124. The van der Waals surface area contributed by atoms with Crippen molar-refractivity contribution in [3.8, 4) is 32.7 Å². The largest absolute Gasteiger partial charge is 0.493 e. The Kier molecular flexibility index (Phi) is 40.2. The predicted molar refractivity (Wildman–Crippen MR) is 593 cm³/mol. The molecule has 2 saturated heterocycles. The molecular weight excluding hydrogens is 1910 g/mol. The first-order chi connectivity index (χ1) is 67.2. The van der Waals surface area contributed by atoms with E-state index in [1.165, 1.54) is 194 Å². The van der Waals surface area contributed by atoms with Gasteiger partial charge in [0.25, 0.3) is 23.6 Å². The lowest BCUT2D eigenvalue weighted by atomic mass is 9.67. The summed E-state index contributed by atoms with van der Waals surface area (Å²) in [5.74, 6) is 1.52. The Bertz CT molecular complexity index is 5380. The molecule has 0 bridgehead atoms. The Balaban J connectivity index is 0.000000175. The van der Waals surface area contributed by atoms with Gasteiger partial charge in [-0.3, -0.25) is 19.2 Å². The minimum absolute atomic E-state index is 0.00456. The second-order valence-electron chi connectivity index (χ2n) is 40.7. The molecule has 4 aromatic heterocycles. The normalized spacial score (nSPS) is 17.3. The van der Waals surface area contributed by atoms with Crippen LogP contribution < -0.4 is 10.9 Å². The highest BCUT2D eigenvalue weighted by Crippen LogP contribution is 2.59. The van der Waals surface area contributed by atoms with E-state index in [-0.39, 0.29) is 48.7 Å². The highest BCUT2D eigenvalue weighted by atomic mass is 79.9. The van der Waals surface area contributed by atoms with Gasteiger partial charge in [0.05, 0.1) is 72.2 Å². The van der Waals surface area contributed by atoms with Gasteiger partial charge in [0.1, 0.15) is 0 Å². The van der Waals surface area contributed by atoms with Crippen LogP contribution in [0, 0.1) is 37.5 Å². The SMILES string of the molecule is CCCCC(CC)CN1C(=O)C2=C(c3ccc(Br)s3)N(CC(CC)CCCC)C(=O)C2=C1c1ccc(Br)s1.CCCCCCC1(CCCCCC)c2cc(B3OCCCO3)ccc2-c2ccc(B3OCCCO3)cc21.CCCCCCC1(CCCCCC)c2cc(C)ccc2-c2ccc(-c3ccc(C4=C5C(=O)N(CC(CC)CCCC)C(c6ccc(C)s6)=C5C(=O)N4CC(CC)CCCC)s3)cc21. The highest BCUT2D eigenvalue weighted by Gasteiger charge is 2.54. The van der Waals surface area contributed by atoms with Crippen LogP contribution in [0.2, 0.25) is 0 Å². The lowest BCUT2D eigenvalue weighted by Gasteiger charge is -2.34. The zero-order chi connectivity index (χ0) is 97.6. The van der Waals surface area contributed by atoms with Crippen molar-refractivity contribution in [3.63, 3.8) is 0 Å². The maximum absolute atomic E-state index is 15.2. The zero-order valence-electron chi connectivity index (χ0n) is 86.0. The second-order valence-corrected chi connectivity index (χ2v) is 48.0. The van der Waals surface area contributed by atoms with Crippen LogP contribution in [0.5, 0.6) is 0 Å². The monoisotopic (exact) mass is 2070 g/mol. The first kappa shape index (κ1) is 107. The number of halogens is 2. The molecule has 0 saturated carbocycles. The van der Waals surface area contributed by atoms with Gasteiger partial charge < -0.3 is 38.2 Å². The molecule has 10 heterocycles. The minimum atomic E-state index is -0.250. The summed E-state index contributed by atoms with van der Waals surface area (Å²) >= 11 is 13.9. The van der Waals surface area contributed by atoms with Crippen LogP contribution in [0.4, 0.5) is 0 Å². The van der Waals surface area contributed by atoms with E-state index in [0.29, 0.717) is 72.1 Å². The number of carbonyl (C=O) groups is 4. The summed E-state index contributed by atoms with van der Waals surface area (Å²) in [5, 5.41) is 0. The molecule has 138 heavy (non-hydrogen) atoms. The van der Waals surface area contributed by atoms with Crippen molar-refractivity contribution < 1.29 is 37.8 Å². The predicted octanol–water partition coefficient (Wildman–Crippen LogP) is 32.3. The van der Waals surface area contributed by atoms with E-state index in [9.17, 15) is 9.59 Å². The summed E-state index contributed by atoms with van der Waals surface area (Å²) < 4.78 is 26.2. The number of benzene rings is 4. The summed E-state index contributed by atoms with van der Waals surface area (Å²) in [4.78, 5) is 73.4. The summed E-state index contributed by atoms with van der Waals surface area (Å²) in [5.41, 5.74) is 22.3. The van der Waals surface area contributed by atoms with E-state index in [4.69, 9.17) is 18.6 Å². The number of thiophene rings is 4. The molecule has 16 rings (SSSR count). The molecule has 0 N–H and O–H groups in total. The molecule has 4 aromatic carbocycles. The molecule has 4 atom stereocenters. The topological polar surface area (TPSA) is 118 Å². The van der Waals surface area contributed by atoms with Crippen LogP contribution in [0.1, 0.15) is 379 Å². The van der Waals surface area contributed by atoms with Gasteiger partial charge in [-0.15, -0.1) is 45.3 Å². The zero-order valence-corrected chi connectivity index (χ0v) is 92.4. The molecule has 8 aliphatic rings. The average Bonchev–Trinajstić information content (AvgIpc) is 1.54. The average molecular weight is 2070 g/mol. The number of aryl methyl sites for hydroxylation is 2.